The summed E-state index contributed by atoms with van der Waals surface area (Å²) in [5.41, 5.74) is -0.0734. The number of carbonyl (C=O) groups excluding carboxylic acids is 1. The number of hydrogen-bond acceptors (Lipinski definition) is 3. The molecule has 1 rings (SSSR count). The predicted octanol–water partition coefficient (Wildman–Crippen LogP) is 2.10. The molecule has 0 aromatic carbocycles. The van der Waals surface area contributed by atoms with Crippen molar-refractivity contribution < 1.29 is 14.7 Å². The van der Waals surface area contributed by atoms with Crippen molar-refractivity contribution in [3.63, 3.8) is 0 Å². The van der Waals surface area contributed by atoms with Gasteiger partial charge in [0.25, 0.3) is 0 Å². The number of hydrogen-bond donors (Lipinski definition) is 2. The van der Waals surface area contributed by atoms with Gasteiger partial charge < -0.3 is 10.4 Å². The third-order valence-corrected chi connectivity index (χ3v) is 3.52. The minimum absolute atomic E-state index is 0.131. The number of nitrogens with zero attached hydrogens (tertiary/aromatic N) is 1. The average Bonchev–Trinajstić information content (AvgIpc) is 2.47. The zero-order valence-electron chi connectivity index (χ0n) is 11.8. The van der Waals surface area contributed by atoms with E-state index in [0.29, 0.717) is 12.8 Å². The minimum Gasteiger partial charge on any atom is -0.481 e. The predicted molar refractivity (Wildman–Crippen MR) is 76.9 cm³/mol. The van der Waals surface area contributed by atoms with Crippen molar-refractivity contribution in [2.24, 2.45) is 5.41 Å². The summed E-state index contributed by atoms with van der Waals surface area (Å²) in [6.45, 7) is 3.76. The summed E-state index contributed by atoms with van der Waals surface area (Å²) in [4.78, 5) is 26.9. The van der Waals surface area contributed by atoms with E-state index >= 15 is 0 Å². The van der Waals surface area contributed by atoms with E-state index in [2.05, 4.69) is 10.3 Å². The first kappa shape index (κ1) is 15.9. The molecule has 0 unspecified atom stereocenters. The molecule has 1 aromatic rings. The highest BCUT2D eigenvalue weighted by molar-refractivity contribution is 5.92. The monoisotopic (exact) mass is 276 g/mol. The van der Waals surface area contributed by atoms with E-state index in [-0.39, 0.29) is 12.5 Å². The van der Waals surface area contributed by atoms with E-state index in [0.717, 1.165) is 5.56 Å². The smallest absolute Gasteiger partial charge is 0.311 e. The Kier molecular flexibility index (Phi) is 5.90. The number of pyridine rings is 1. The molecule has 0 aliphatic heterocycles. The summed E-state index contributed by atoms with van der Waals surface area (Å²) in [5.74, 6) is -1.18. The van der Waals surface area contributed by atoms with E-state index in [1.165, 1.54) is 6.08 Å². The molecule has 0 aliphatic rings. The summed E-state index contributed by atoms with van der Waals surface area (Å²) in [6.07, 6.45) is 7.28. The van der Waals surface area contributed by atoms with Crippen LogP contribution in [0.3, 0.4) is 0 Å². The Labute approximate surface area is 118 Å². The lowest BCUT2D eigenvalue weighted by atomic mass is 9.82. The number of aromatic nitrogens is 1. The number of carbonyl (C=O) groups is 2. The van der Waals surface area contributed by atoms with Gasteiger partial charge in [-0.25, -0.2) is 0 Å². The van der Waals surface area contributed by atoms with Crippen molar-refractivity contribution >= 4 is 18.0 Å². The zero-order chi connectivity index (χ0) is 15.0. The summed E-state index contributed by atoms with van der Waals surface area (Å²) in [6, 6.07) is 3.61. The summed E-state index contributed by atoms with van der Waals surface area (Å²) in [7, 11) is 0. The molecular weight excluding hydrogens is 256 g/mol. The summed E-state index contributed by atoms with van der Waals surface area (Å²) >= 11 is 0. The highest BCUT2D eigenvalue weighted by Crippen LogP contribution is 2.25. The van der Waals surface area contributed by atoms with Gasteiger partial charge in [0.15, 0.2) is 0 Å². The molecule has 1 amide bonds. The van der Waals surface area contributed by atoms with Crippen LogP contribution in [0.25, 0.3) is 6.08 Å². The van der Waals surface area contributed by atoms with Gasteiger partial charge in [-0.1, -0.05) is 19.9 Å². The molecule has 108 valence electrons. The molecule has 1 heterocycles. The van der Waals surface area contributed by atoms with E-state index in [1.807, 2.05) is 19.9 Å². The van der Waals surface area contributed by atoms with Crippen LogP contribution in [-0.4, -0.2) is 28.5 Å². The maximum Gasteiger partial charge on any atom is 0.311 e. The van der Waals surface area contributed by atoms with Crippen molar-refractivity contribution in [2.45, 2.75) is 26.7 Å². The van der Waals surface area contributed by atoms with Crippen LogP contribution < -0.4 is 5.32 Å². The van der Waals surface area contributed by atoms with Gasteiger partial charge in [0.05, 0.1) is 5.41 Å². The van der Waals surface area contributed by atoms with Crippen LogP contribution in [0.2, 0.25) is 0 Å². The fourth-order valence-corrected chi connectivity index (χ4v) is 1.84. The third kappa shape index (κ3) is 4.19. The van der Waals surface area contributed by atoms with Crippen molar-refractivity contribution in [3.05, 3.63) is 36.2 Å². The van der Waals surface area contributed by atoms with Crippen LogP contribution in [0.15, 0.2) is 30.6 Å². The fraction of sp³-hybridized carbons (Fsp3) is 0.400. The molecule has 2 N–H and O–H groups in total. The number of carboxylic acid groups (broad SMARTS) is 1. The van der Waals surface area contributed by atoms with E-state index in [9.17, 15) is 14.7 Å². The minimum atomic E-state index is -0.891. The zero-order valence-corrected chi connectivity index (χ0v) is 11.8. The molecule has 0 bridgehead atoms. The van der Waals surface area contributed by atoms with Gasteiger partial charge in [0.1, 0.15) is 0 Å². The average molecular weight is 276 g/mol. The Balaban J connectivity index is 2.59. The molecular formula is C15H20N2O3. The Hall–Kier alpha value is -2.17. The van der Waals surface area contributed by atoms with Crippen LogP contribution in [-0.2, 0) is 9.59 Å². The Bertz CT molecular complexity index is 479. The van der Waals surface area contributed by atoms with Crippen molar-refractivity contribution in [2.75, 3.05) is 6.54 Å². The largest absolute Gasteiger partial charge is 0.481 e. The summed E-state index contributed by atoms with van der Waals surface area (Å²) in [5, 5.41) is 11.9. The van der Waals surface area contributed by atoms with Gasteiger partial charge in [0.2, 0.25) is 5.91 Å². The van der Waals surface area contributed by atoms with Crippen LogP contribution in [0.1, 0.15) is 32.3 Å². The fourth-order valence-electron chi connectivity index (χ4n) is 1.84. The lowest BCUT2D eigenvalue weighted by Crippen LogP contribution is -2.41. The maximum absolute atomic E-state index is 11.7. The van der Waals surface area contributed by atoms with Crippen molar-refractivity contribution in [1.82, 2.24) is 10.3 Å². The highest BCUT2D eigenvalue weighted by atomic mass is 16.4. The first-order chi connectivity index (χ1) is 9.54. The van der Waals surface area contributed by atoms with Crippen LogP contribution in [0.4, 0.5) is 0 Å². The molecule has 0 saturated carbocycles. The second kappa shape index (κ2) is 7.43. The molecule has 20 heavy (non-hydrogen) atoms. The SMILES string of the molecule is CCC(CC)(CNC(=O)/C=C/c1cccnc1)C(=O)O. The molecule has 1 aromatic heterocycles. The first-order valence-corrected chi connectivity index (χ1v) is 6.63. The Morgan fingerprint density at radius 3 is 2.60 bits per heavy atom. The van der Waals surface area contributed by atoms with E-state index in [4.69, 9.17) is 0 Å². The molecule has 0 atom stereocenters. The molecule has 5 nitrogen and oxygen atoms in total. The molecule has 0 saturated heterocycles. The van der Waals surface area contributed by atoms with Gasteiger partial charge in [-0.05, 0) is 30.5 Å². The van der Waals surface area contributed by atoms with E-state index < -0.39 is 11.4 Å². The van der Waals surface area contributed by atoms with Gasteiger partial charge in [-0.3, -0.25) is 14.6 Å². The Morgan fingerprint density at radius 2 is 2.10 bits per heavy atom. The lowest BCUT2D eigenvalue weighted by Gasteiger charge is -2.26. The first-order valence-electron chi connectivity index (χ1n) is 6.63. The van der Waals surface area contributed by atoms with Gasteiger partial charge >= 0.3 is 5.97 Å². The molecule has 0 spiro atoms. The molecule has 0 fully saturated rings. The lowest BCUT2D eigenvalue weighted by molar-refractivity contribution is -0.149. The van der Waals surface area contributed by atoms with Gasteiger partial charge in [0, 0.05) is 25.0 Å². The summed E-state index contributed by atoms with van der Waals surface area (Å²) < 4.78 is 0. The van der Waals surface area contributed by atoms with Crippen LogP contribution >= 0.6 is 0 Å². The van der Waals surface area contributed by atoms with Crippen molar-refractivity contribution in [3.8, 4) is 0 Å². The van der Waals surface area contributed by atoms with Crippen LogP contribution in [0, 0.1) is 5.41 Å². The normalized spacial score (nSPS) is 11.5. The van der Waals surface area contributed by atoms with E-state index in [1.54, 1.807) is 24.5 Å². The standard InChI is InChI=1S/C15H20N2O3/c1-3-15(4-2,14(19)20)11-17-13(18)8-7-12-6-5-9-16-10-12/h5-10H,3-4,11H2,1-2H3,(H,17,18)(H,19,20)/b8-7+. The highest BCUT2D eigenvalue weighted by Gasteiger charge is 2.34. The number of aliphatic carboxylic acids is 1. The molecule has 0 radical (unpaired) electrons. The number of nitrogens with one attached hydrogen (secondary N) is 1. The van der Waals surface area contributed by atoms with Crippen molar-refractivity contribution in [1.29, 1.82) is 0 Å². The number of carboxylic acids is 1. The molecule has 5 heteroatoms. The number of rotatable bonds is 7. The van der Waals surface area contributed by atoms with Gasteiger partial charge in [-0.2, -0.15) is 0 Å². The van der Waals surface area contributed by atoms with Crippen LogP contribution in [0.5, 0.6) is 0 Å². The quantitative estimate of drug-likeness (QED) is 0.747. The second-order valence-corrected chi connectivity index (χ2v) is 4.63. The topological polar surface area (TPSA) is 79.3 Å². The number of amides is 1. The van der Waals surface area contributed by atoms with Gasteiger partial charge in [-0.15, -0.1) is 0 Å². The molecule has 0 aliphatic carbocycles. The Morgan fingerprint density at radius 1 is 1.40 bits per heavy atom. The second-order valence-electron chi connectivity index (χ2n) is 4.63. The maximum atomic E-state index is 11.7. The third-order valence-electron chi connectivity index (χ3n) is 3.52.